The first kappa shape index (κ1) is 29.8. The van der Waals surface area contributed by atoms with Crippen molar-refractivity contribution < 1.29 is 28.5 Å². The van der Waals surface area contributed by atoms with Gasteiger partial charge in [0, 0.05) is 0 Å². The summed E-state index contributed by atoms with van der Waals surface area (Å²) in [6.07, 6.45) is 9.13. The number of ether oxygens (including phenoxy) is 4. The topological polar surface area (TPSA) is 71.1 Å². The van der Waals surface area contributed by atoms with Crippen molar-refractivity contribution >= 4 is 11.9 Å². The molecular weight excluding hydrogens is 492 g/mol. The fraction of sp³-hybridized carbons (Fsp3) is 0.394. The number of benzene rings is 3. The van der Waals surface area contributed by atoms with Crippen LogP contribution in [0.3, 0.4) is 0 Å². The largest absolute Gasteiger partial charge is 0.494 e. The van der Waals surface area contributed by atoms with Crippen molar-refractivity contribution in [3.63, 3.8) is 0 Å². The smallest absolute Gasteiger partial charge is 0.343 e. The van der Waals surface area contributed by atoms with Crippen LogP contribution in [-0.2, 0) is 0 Å². The Morgan fingerprint density at radius 3 is 1.49 bits per heavy atom. The standard InChI is InChI=1S/C33H40O6/c1-4-6-8-10-22-36-28-16-12-26(13-17-28)32(34)38-30-20-21-31(25(3)24-30)39-33(35)27-14-18-29(19-15-27)37-23-11-9-7-5-2/h12-21,24H,4-11,22-23H2,1-3H3. The van der Waals surface area contributed by atoms with Crippen molar-refractivity contribution in [2.45, 2.75) is 72.1 Å². The molecule has 6 nitrogen and oxygen atoms in total. The Morgan fingerprint density at radius 2 is 1.03 bits per heavy atom. The molecule has 0 heterocycles. The lowest BCUT2D eigenvalue weighted by Gasteiger charge is -2.11. The van der Waals surface area contributed by atoms with Gasteiger partial charge in [-0.25, -0.2) is 9.59 Å². The molecule has 0 fully saturated rings. The average Bonchev–Trinajstić information content (AvgIpc) is 2.95. The first-order chi connectivity index (χ1) is 19.0. The summed E-state index contributed by atoms with van der Waals surface area (Å²) in [4.78, 5) is 25.2. The maximum Gasteiger partial charge on any atom is 0.343 e. The van der Waals surface area contributed by atoms with Crippen LogP contribution < -0.4 is 18.9 Å². The van der Waals surface area contributed by atoms with Gasteiger partial charge in [-0.05, 0) is 92.1 Å². The first-order valence-electron chi connectivity index (χ1n) is 14.0. The van der Waals surface area contributed by atoms with Crippen molar-refractivity contribution in [3.8, 4) is 23.0 Å². The summed E-state index contributed by atoms with van der Waals surface area (Å²) in [6, 6.07) is 18.8. The summed E-state index contributed by atoms with van der Waals surface area (Å²) in [7, 11) is 0. The summed E-state index contributed by atoms with van der Waals surface area (Å²) >= 11 is 0. The van der Waals surface area contributed by atoms with Crippen LogP contribution in [0, 0.1) is 6.92 Å². The summed E-state index contributed by atoms with van der Waals surface area (Å²) in [5.74, 6) is 1.29. The van der Waals surface area contributed by atoms with Gasteiger partial charge in [0.05, 0.1) is 24.3 Å². The number of esters is 2. The molecule has 0 spiro atoms. The van der Waals surface area contributed by atoms with E-state index in [1.165, 1.54) is 25.7 Å². The molecule has 39 heavy (non-hydrogen) atoms. The van der Waals surface area contributed by atoms with E-state index in [9.17, 15) is 9.59 Å². The van der Waals surface area contributed by atoms with Crippen molar-refractivity contribution in [1.29, 1.82) is 0 Å². The minimum absolute atomic E-state index is 0.369. The van der Waals surface area contributed by atoms with Gasteiger partial charge in [0.15, 0.2) is 0 Å². The van der Waals surface area contributed by atoms with E-state index in [-0.39, 0.29) is 0 Å². The van der Waals surface area contributed by atoms with E-state index in [0.717, 1.165) is 37.2 Å². The zero-order chi connectivity index (χ0) is 27.9. The lowest BCUT2D eigenvalue weighted by Crippen LogP contribution is -2.10. The molecule has 208 valence electrons. The Hall–Kier alpha value is -3.80. The Bertz CT molecular complexity index is 1170. The van der Waals surface area contributed by atoms with Gasteiger partial charge in [0.25, 0.3) is 0 Å². The normalized spacial score (nSPS) is 10.6. The number of carbonyl (C=O) groups is 2. The second-order valence-electron chi connectivity index (χ2n) is 9.57. The van der Waals surface area contributed by atoms with E-state index in [1.54, 1.807) is 73.7 Å². The molecule has 0 N–H and O–H groups in total. The van der Waals surface area contributed by atoms with Crippen LogP contribution in [0.25, 0.3) is 0 Å². The van der Waals surface area contributed by atoms with Crippen LogP contribution >= 0.6 is 0 Å². The van der Waals surface area contributed by atoms with Gasteiger partial charge in [-0.3, -0.25) is 0 Å². The van der Waals surface area contributed by atoms with Crippen LogP contribution in [0.1, 0.15) is 91.5 Å². The average molecular weight is 533 g/mol. The molecule has 0 aliphatic heterocycles. The van der Waals surface area contributed by atoms with Gasteiger partial charge in [-0.2, -0.15) is 0 Å². The number of aryl methyl sites for hydroxylation is 1. The van der Waals surface area contributed by atoms with Gasteiger partial charge < -0.3 is 18.9 Å². The third-order valence-corrected chi connectivity index (χ3v) is 6.27. The SMILES string of the molecule is CCCCCCOc1ccc(C(=O)Oc2ccc(OC(=O)c3ccc(OCCCCCC)cc3)c(C)c2)cc1. The van der Waals surface area contributed by atoms with E-state index in [1.807, 2.05) is 0 Å². The van der Waals surface area contributed by atoms with Gasteiger partial charge in [0.1, 0.15) is 23.0 Å². The van der Waals surface area contributed by atoms with Crippen LogP contribution in [0.5, 0.6) is 23.0 Å². The Morgan fingerprint density at radius 1 is 0.564 bits per heavy atom. The second-order valence-corrected chi connectivity index (χ2v) is 9.57. The predicted molar refractivity (Wildman–Crippen MR) is 153 cm³/mol. The third kappa shape index (κ3) is 10.1. The first-order valence-corrected chi connectivity index (χ1v) is 14.0. The minimum atomic E-state index is -0.471. The number of hydrogen-bond acceptors (Lipinski definition) is 6. The van der Waals surface area contributed by atoms with Crippen molar-refractivity contribution in [1.82, 2.24) is 0 Å². The van der Waals surface area contributed by atoms with E-state index < -0.39 is 11.9 Å². The fourth-order valence-electron chi connectivity index (χ4n) is 3.94. The highest BCUT2D eigenvalue weighted by molar-refractivity contribution is 5.92. The second kappa shape index (κ2) is 16.2. The maximum atomic E-state index is 12.6. The van der Waals surface area contributed by atoms with Crippen LogP contribution in [0.15, 0.2) is 66.7 Å². The van der Waals surface area contributed by atoms with E-state index in [4.69, 9.17) is 18.9 Å². The van der Waals surface area contributed by atoms with E-state index in [0.29, 0.717) is 41.4 Å². The van der Waals surface area contributed by atoms with Gasteiger partial charge in [-0.1, -0.05) is 52.4 Å². The summed E-state index contributed by atoms with van der Waals surface area (Å²) in [5, 5.41) is 0. The molecule has 3 aromatic carbocycles. The molecule has 0 aliphatic rings. The van der Waals surface area contributed by atoms with Crippen LogP contribution in [0.2, 0.25) is 0 Å². The van der Waals surface area contributed by atoms with E-state index >= 15 is 0 Å². The zero-order valence-electron chi connectivity index (χ0n) is 23.4. The summed E-state index contributed by atoms with van der Waals surface area (Å²) in [6.45, 7) is 7.48. The summed E-state index contributed by atoms with van der Waals surface area (Å²) in [5.41, 5.74) is 1.53. The Kier molecular flexibility index (Phi) is 12.4. The third-order valence-electron chi connectivity index (χ3n) is 6.27. The molecule has 0 bridgehead atoms. The maximum absolute atomic E-state index is 12.6. The molecule has 0 aliphatic carbocycles. The lowest BCUT2D eigenvalue weighted by molar-refractivity contribution is 0.0718. The molecule has 3 rings (SSSR count). The number of hydrogen-bond donors (Lipinski definition) is 0. The quantitative estimate of drug-likeness (QED) is 0.105. The van der Waals surface area contributed by atoms with Gasteiger partial charge >= 0.3 is 11.9 Å². The molecule has 0 radical (unpaired) electrons. The van der Waals surface area contributed by atoms with Gasteiger partial charge in [0.2, 0.25) is 0 Å². The van der Waals surface area contributed by atoms with Crippen LogP contribution in [-0.4, -0.2) is 25.2 Å². The Labute approximate surface area is 232 Å². The molecule has 3 aromatic rings. The summed E-state index contributed by atoms with van der Waals surface area (Å²) < 4.78 is 22.6. The molecule has 0 unspecified atom stereocenters. The monoisotopic (exact) mass is 532 g/mol. The van der Waals surface area contributed by atoms with E-state index in [2.05, 4.69) is 13.8 Å². The molecular formula is C33H40O6. The minimum Gasteiger partial charge on any atom is -0.494 e. The lowest BCUT2D eigenvalue weighted by atomic mass is 10.2. The number of rotatable bonds is 16. The molecule has 0 saturated heterocycles. The molecule has 6 heteroatoms. The Balaban J connectivity index is 1.48. The molecule has 0 atom stereocenters. The van der Waals surface area contributed by atoms with Crippen molar-refractivity contribution in [2.24, 2.45) is 0 Å². The highest BCUT2D eigenvalue weighted by atomic mass is 16.5. The molecule has 0 saturated carbocycles. The molecule has 0 amide bonds. The highest BCUT2D eigenvalue weighted by Crippen LogP contribution is 2.26. The number of unbranched alkanes of at least 4 members (excludes halogenated alkanes) is 6. The fourth-order valence-corrected chi connectivity index (χ4v) is 3.94. The number of carbonyl (C=O) groups excluding carboxylic acids is 2. The van der Waals surface area contributed by atoms with Gasteiger partial charge in [-0.15, -0.1) is 0 Å². The molecule has 0 aromatic heterocycles. The van der Waals surface area contributed by atoms with Crippen molar-refractivity contribution in [2.75, 3.05) is 13.2 Å². The zero-order valence-corrected chi connectivity index (χ0v) is 23.4. The van der Waals surface area contributed by atoms with Crippen molar-refractivity contribution in [3.05, 3.63) is 83.4 Å². The predicted octanol–water partition coefficient (Wildman–Crippen LogP) is 8.35. The van der Waals surface area contributed by atoms with Crippen LogP contribution in [0.4, 0.5) is 0 Å². The highest BCUT2D eigenvalue weighted by Gasteiger charge is 2.14.